The zero-order valence-electron chi connectivity index (χ0n) is 16.5. The number of thiophene rings is 1. The number of thiazole rings is 1. The van der Waals surface area contributed by atoms with E-state index in [1.807, 2.05) is 26.9 Å². The summed E-state index contributed by atoms with van der Waals surface area (Å²) >= 11 is 3.00. The van der Waals surface area contributed by atoms with Crippen molar-refractivity contribution in [1.29, 1.82) is 0 Å². The number of imidazole rings is 1. The monoisotopic (exact) mass is 457 g/mol. The molecule has 1 aromatic carbocycles. The summed E-state index contributed by atoms with van der Waals surface area (Å²) in [6.07, 6.45) is 3.80. The first-order valence-corrected chi connectivity index (χ1v) is 11.7. The number of carbonyl (C=O) groups is 2. The van der Waals surface area contributed by atoms with Gasteiger partial charge in [0.1, 0.15) is 10.6 Å². The van der Waals surface area contributed by atoms with E-state index in [0.717, 1.165) is 28.1 Å². The van der Waals surface area contributed by atoms with Gasteiger partial charge in [-0.25, -0.2) is 14.2 Å². The molecular formula is C21H20FN5O2S2. The minimum absolute atomic E-state index is 0.0147. The van der Waals surface area contributed by atoms with E-state index in [9.17, 15) is 14.0 Å². The summed E-state index contributed by atoms with van der Waals surface area (Å²) in [5.41, 5.74) is 1.37. The summed E-state index contributed by atoms with van der Waals surface area (Å²) < 4.78 is 15.3. The van der Waals surface area contributed by atoms with Crippen LogP contribution in [0.15, 0.2) is 41.9 Å². The SMILES string of the molecule is O=C(NCC1CCCN(C(=O)c2cc3c(nc4sccn43)s2)C1)Nc1cccc(F)c1. The first-order valence-electron chi connectivity index (χ1n) is 10.0. The van der Waals surface area contributed by atoms with Gasteiger partial charge in [-0.3, -0.25) is 9.20 Å². The number of amides is 3. The lowest BCUT2D eigenvalue weighted by molar-refractivity contribution is 0.0680. The van der Waals surface area contributed by atoms with Gasteiger partial charge in [0.25, 0.3) is 5.91 Å². The fourth-order valence-corrected chi connectivity index (χ4v) is 5.67. The number of likely N-dealkylation sites (tertiary alicyclic amines) is 1. The van der Waals surface area contributed by atoms with Crippen molar-refractivity contribution in [3.63, 3.8) is 0 Å². The Balaban J connectivity index is 1.19. The number of fused-ring (bicyclic) bond motifs is 3. The van der Waals surface area contributed by atoms with Crippen molar-refractivity contribution in [1.82, 2.24) is 19.6 Å². The second-order valence-corrected chi connectivity index (χ2v) is 9.48. The van der Waals surface area contributed by atoms with Gasteiger partial charge < -0.3 is 15.5 Å². The molecule has 1 unspecified atom stereocenters. The summed E-state index contributed by atoms with van der Waals surface area (Å²) in [5, 5.41) is 7.44. The van der Waals surface area contributed by atoms with Gasteiger partial charge in [-0.05, 0) is 43.0 Å². The summed E-state index contributed by atoms with van der Waals surface area (Å²) in [5.74, 6) is -0.216. The molecule has 0 radical (unpaired) electrons. The molecule has 4 aromatic rings. The smallest absolute Gasteiger partial charge is 0.319 e. The van der Waals surface area contributed by atoms with Gasteiger partial charge in [0.05, 0.1) is 10.4 Å². The minimum atomic E-state index is -0.403. The molecule has 0 saturated carbocycles. The van der Waals surface area contributed by atoms with Crippen LogP contribution in [0.3, 0.4) is 0 Å². The number of nitrogens with one attached hydrogen (secondary N) is 2. The van der Waals surface area contributed by atoms with E-state index < -0.39 is 5.82 Å². The summed E-state index contributed by atoms with van der Waals surface area (Å²) in [6.45, 7) is 1.76. The average Bonchev–Trinajstić information content (AvgIpc) is 3.44. The standard InChI is InChI=1S/C21H20FN5O2S2/c22-14-4-1-5-15(9-14)24-20(29)23-11-13-3-2-6-26(12-13)19(28)17-10-16-18(31-17)25-21-27(16)7-8-30-21/h1,4-5,7-10,13H,2-3,6,11-12H2,(H2,23,24,29). The topological polar surface area (TPSA) is 78.7 Å². The summed E-state index contributed by atoms with van der Waals surface area (Å²) in [7, 11) is 0. The van der Waals surface area contributed by atoms with Gasteiger partial charge >= 0.3 is 6.03 Å². The van der Waals surface area contributed by atoms with Gasteiger partial charge in [0.2, 0.25) is 0 Å². The van der Waals surface area contributed by atoms with Crippen LogP contribution in [0, 0.1) is 11.7 Å². The Labute approximate surface area is 185 Å². The fraction of sp³-hybridized carbons (Fsp3) is 0.286. The Morgan fingerprint density at radius 3 is 3.06 bits per heavy atom. The minimum Gasteiger partial charge on any atom is -0.338 e. The molecule has 0 spiro atoms. The van der Waals surface area contributed by atoms with Crippen LogP contribution in [0.4, 0.5) is 14.9 Å². The fourth-order valence-electron chi connectivity index (χ4n) is 3.90. The number of benzene rings is 1. The third-order valence-corrected chi connectivity index (χ3v) is 7.15. The van der Waals surface area contributed by atoms with Gasteiger partial charge in [-0.15, -0.1) is 22.7 Å². The van der Waals surface area contributed by atoms with Crippen LogP contribution in [-0.4, -0.2) is 45.9 Å². The zero-order chi connectivity index (χ0) is 21.4. The van der Waals surface area contributed by atoms with Crippen molar-refractivity contribution in [2.75, 3.05) is 25.0 Å². The molecule has 160 valence electrons. The number of piperidine rings is 1. The number of urea groups is 1. The number of nitrogens with zero attached hydrogens (tertiary/aromatic N) is 3. The van der Waals surface area contributed by atoms with Crippen LogP contribution in [0.2, 0.25) is 0 Å². The Hall–Kier alpha value is -2.98. The zero-order valence-corrected chi connectivity index (χ0v) is 18.1. The van der Waals surface area contributed by atoms with Crippen LogP contribution >= 0.6 is 22.7 Å². The lowest BCUT2D eigenvalue weighted by Crippen LogP contribution is -2.44. The maximum Gasteiger partial charge on any atom is 0.319 e. The number of hydrogen-bond donors (Lipinski definition) is 2. The molecule has 1 fully saturated rings. The molecule has 3 amide bonds. The van der Waals surface area contributed by atoms with E-state index in [4.69, 9.17) is 0 Å². The molecule has 0 bridgehead atoms. The van der Waals surface area contributed by atoms with Crippen molar-refractivity contribution >= 4 is 55.6 Å². The molecule has 0 aliphatic carbocycles. The number of aromatic nitrogens is 2. The maximum atomic E-state index is 13.2. The highest BCUT2D eigenvalue weighted by atomic mass is 32.1. The van der Waals surface area contributed by atoms with E-state index in [2.05, 4.69) is 15.6 Å². The Kier molecular flexibility index (Phi) is 5.33. The Morgan fingerprint density at radius 1 is 1.29 bits per heavy atom. The lowest BCUT2D eigenvalue weighted by atomic mass is 9.98. The molecule has 31 heavy (non-hydrogen) atoms. The average molecular weight is 458 g/mol. The molecule has 2 N–H and O–H groups in total. The van der Waals surface area contributed by atoms with Crippen molar-refractivity contribution in [3.8, 4) is 0 Å². The number of carbonyl (C=O) groups excluding carboxylic acids is 2. The normalized spacial score (nSPS) is 16.7. The lowest BCUT2D eigenvalue weighted by Gasteiger charge is -2.32. The van der Waals surface area contributed by atoms with Gasteiger partial charge in [0, 0.05) is 36.9 Å². The number of rotatable bonds is 4. The van der Waals surface area contributed by atoms with E-state index in [1.165, 1.54) is 23.5 Å². The summed E-state index contributed by atoms with van der Waals surface area (Å²) in [6, 6.07) is 7.30. The van der Waals surface area contributed by atoms with Crippen LogP contribution in [-0.2, 0) is 0 Å². The molecule has 1 atom stereocenters. The third-order valence-electron chi connectivity index (χ3n) is 5.39. The van der Waals surface area contributed by atoms with E-state index in [1.54, 1.807) is 23.5 Å². The van der Waals surface area contributed by atoms with Gasteiger partial charge in [0.15, 0.2) is 4.96 Å². The Bertz CT molecular complexity index is 1260. The Morgan fingerprint density at radius 2 is 2.19 bits per heavy atom. The molecule has 1 aliphatic rings. The van der Waals surface area contributed by atoms with E-state index in [0.29, 0.717) is 30.2 Å². The van der Waals surface area contributed by atoms with Crippen molar-refractivity contribution < 1.29 is 14.0 Å². The van der Waals surface area contributed by atoms with Crippen molar-refractivity contribution in [3.05, 3.63) is 52.6 Å². The molecule has 5 rings (SSSR count). The largest absolute Gasteiger partial charge is 0.338 e. The van der Waals surface area contributed by atoms with E-state index >= 15 is 0 Å². The van der Waals surface area contributed by atoms with Crippen molar-refractivity contribution in [2.45, 2.75) is 12.8 Å². The first kappa shape index (κ1) is 20.0. The highest BCUT2D eigenvalue weighted by molar-refractivity contribution is 7.21. The molecular weight excluding hydrogens is 437 g/mol. The third kappa shape index (κ3) is 4.13. The second-order valence-electron chi connectivity index (χ2n) is 7.57. The van der Waals surface area contributed by atoms with Crippen LogP contribution in [0.25, 0.3) is 15.3 Å². The van der Waals surface area contributed by atoms with Crippen molar-refractivity contribution in [2.24, 2.45) is 5.92 Å². The van der Waals surface area contributed by atoms with Crippen LogP contribution in [0.5, 0.6) is 0 Å². The molecule has 7 nitrogen and oxygen atoms in total. The molecule has 4 heterocycles. The first-order chi connectivity index (χ1) is 15.1. The highest BCUT2D eigenvalue weighted by Gasteiger charge is 2.26. The number of anilines is 1. The van der Waals surface area contributed by atoms with Crippen LogP contribution in [0.1, 0.15) is 22.5 Å². The molecule has 3 aromatic heterocycles. The number of hydrogen-bond acceptors (Lipinski definition) is 5. The summed E-state index contributed by atoms with van der Waals surface area (Å²) in [4.78, 5) is 34.1. The highest BCUT2D eigenvalue weighted by Crippen LogP contribution is 2.30. The predicted molar refractivity (Wildman–Crippen MR) is 121 cm³/mol. The van der Waals surface area contributed by atoms with Gasteiger partial charge in [-0.1, -0.05) is 6.07 Å². The van der Waals surface area contributed by atoms with E-state index in [-0.39, 0.29) is 17.9 Å². The number of halogens is 1. The predicted octanol–water partition coefficient (Wildman–Crippen LogP) is 4.42. The van der Waals surface area contributed by atoms with Crippen LogP contribution < -0.4 is 10.6 Å². The maximum absolute atomic E-state index is 13.2. The molecule has 1 saturated heterocycles. The molecule has 10 heteroatoms. The molecule has 1 aliphatic heterocycles. The second kappa shape index (κ2) is 8.27. The van der Waals surface area contributed by atoms with Gasteiger partial charge in [-0.2, -0.15) is 0 Å². The quantitative estimate of drug-likeness (QED) is 0.476.